The van der Waals surface area contributed by atoms with E-state index in [2.05, 4.69) is 10.2 Å². The maximum absolute atomic E-state index is 11.6. The Hall–Kier alpha value is -4.57. The van der Waals surface area contributed by atoms with Crippen molar-refractivity contribution in [1.82, 2.24) is 5.48 Å². The number of carbonyl (C=O) groups is 1. The molecule has 32 heavy (non-hydrogen) atoms. The second kappa shape index (κ2) is 8.28. The van der Waals surface area contributed by atoms with Gasteiger partial charge in [0.2, 0.25) is 0 Å². The number of ether oxygens (including phenoxy) is 1. The first kappa shape index (κ1) is 22.1. The van der Waals surface area contributed by atoms with Crippen molar-refractivity contribution in [3.8, 4) is 11.1 Å². The molecule has 0 saturated carbocycles. The molecular formula is C16H11N5O11. The molecule has 0 heterocycles. The predicted octanol–water partition coefficient (Wildman–Crippen LogP) is 2.08. The summed E-state index contributed by atoms with van der Waals surface area (Å²) in [6.45, 7) is -0.661. The number of hydrogen-bond donors (Lipinski definition) is 1. The van der Waals surface area contributed by atoms with Crippen LogP contribution in [0.1, 0.15) is 17.2 Å². The maximum atomic E-state index is 11.6. The normalized spacial score (nSPS) is 12.0. The van der Waals surface area contributed by atoms with E-state index in [1.807, 2.05) is 0 Å². The Balaban J connectivity index is 2.33. The van der Waals surface area contributed by atoms with Gasteiger partial charge in [-0.05, 0) is 11.1 Å². The number of esters is 1. The topological polar surface area (TPSA) is 220 Å². The van der Waals surface area contributed by atoms with Gasteiger partial charge in [-0.15, -0.1) is 0 Å². The number of carbonyl (C=O) groups excluding carboxylic acids is 1. The van der Waals surface area contributed by atoms with Gasteiger partial charge in [-0.25, -0.2) is 4.79 Å². The van der Waals surface area contributed by atoms with Crippen molar-refractivity contribution in [3.05, 3.63) is 75.8 Å². The van der Waals surface area contributed by atoms with E-state index in [-0.39, 0.29) is 22.3 Å². The molecule has 1 aliphatic carbocycles. The third-order valence-electron chi connectivity index (χ3n) is 4.57. The third kappa shape index (κ3) is 3.77. The lowest BCUT2D eigenvalue weighted by molar-refractivity contribution is -0.395. The average molecular weight is 449 g/mol. The molecule has 0 atom stereocenters. The zero-order chi connectivity index (χ0) is 23.7. The Morgan fingerprint density at radius 3 is 1.62 bits per heavy atom. The molecule has 166 valence electrons. The number of nitro benzene ring substituents is 4. The Bertz CT molecular complexity index is 1110. The number of non-ortho nitro benzene ring substituents is 2. The monoisotopic (exact) mass is 449 g/mol. The lowest BCUT2D eigenvalue weighted by Gasteiger charge is -2.15. The number of fused-ring (bicyclic) bond motifs is 3. The molecule has 0 amide bonds. The van der Waals surface area contributed by atoms with Crippen molar-refractivity contribution < 1.29 is 34.1 Å². The highest BCUT2D eigenvalue weighted by Gasteiger charge is 2.43. The Labute approximate surface area is 175 Å². The van der Waals surface area contributed by atoms with Gasteiger partial charge >= 0.3 is 5.97 Å². The van der Waals surface area contributed by atoms with Gasteiger partial charge < -0.3 is 4.74 Å². The van der Waals surface area contributed by atoms with E-state index in [1.165, 1.54) is 0 Å². The summed E-state index contributed by atoms with van der Waals surface area (Å²) in [5, 5.41) is 45.9. The van der Waals surface area contributed by atoms with Crippen molar-refractivity contribution >= 4 is 28.7 Å². The quantitative estimate of drug-likeness (QED) is 0.347. The van der Waals surface area contributed by atoms with Crippen molar-refractivity contribution in [2.24, 2.45) is 0 Å². The summed E-state index contributed by atoms with van der Waals surface area (Å²) >= 11 is 0. The fourth-order valence-electron chi connectivity index (χ4n) is 3.30. The second-order valence-corrected chi connectivity index (χ2v) is 6.30. The molecule has 3 rings (SSSR count). The molecule has 0 fully saturated rings. The van der Waals surface area contributed by atoms with Crippen LogP contribution in [0.15, 0.2) is 24.3 Å². The number of rotatable bonds is 8. The smallest absolute Gasteiger partial charge is 0.333 e. The van der Waals surface area contributed by atoms with E-state index >= 15 is 0 Å². The molecule has 2 aromatic carbocycles. The van der Waals surface area contributed by atoms with E-state index in [9.17, 15) is 45.3 Å². The Kier molecular flexibility index (Phi) is 5.73. The molecule has 0 saturated heterocycles. The number of nitrogens with one attached hydrogen (secondary N) is 1. The van der Waals surface area contributed by atoms with Crippen molar-refractivity contribution in [1.29, 1.82) is 0 Å². The zero-order valence-corrected chi connectivity index (χ0v) is 15.9. The van der Waals surface area contributed by atoms with Gasteiger partial charge in [0.1, 0.15) is 0 Å². The number of methoxy groups -OCH3 is 1. The van der Waals surface area contributed by atoms with Crippen LogP contribution in [0.4, 0.5) is 22.7 Å². The molecule has 0 spiro atoms. The highest BCUT2D eigenvalue weighted by molar-refractivity contribution is 5.92. The van der Waals surface area contributed by atoms with Crippen LogP contribution < -0.4 is 5.48 Å². The lowest BCUT2D eigenvalue weighted by Crippen LogP contribution is -2.25. The molecule has 1 aliphatic rings. The molecule has 0 radical (unpaired) electrons. The first-order chi connectivity index (χ1) is 15.1. The summed E-state index contributed by atoms with van der Waals surface area (Å²) in [6, 6.07) is 1.77. The van der Waals surface area contributed by atoms with E-state index in [0.29, 0.717) is 12.1 Å². The molecule has 16 heteroatoms. The van der Waals surface area contributed by atoms with Crippen molar-refractivity contribution in [2.75, 3.05) is 13.7 Å². The molecule has 2 aromatic rings. The van der Waals surface area contributed by atoms with Crippen LogP contribution in [0.25, 0.3) is 11.1 Å². The molecule has 1 N–H and O–H groups in total. The predicted molar refractivity (Wildman–Crippen MR) is 101 cm³/mol. The van der Waals surface area contributed by atoms with E-state index in [1.54, 1.807) is 0 Å². The van der Waals surface area contributed by atoms with Crippen LogP contribution in [-0.4, -0.2) is 39.4 Å². The SMILES string of the molecule is COC(=O)CONC1c2cc([N+](=O)[O-])cc([N+](=O)[O-])c2-c2c1cc([N+](=O)[O-])cc2[N+](=O)[O-]. The first-order valence-corrected chi connectivity index (χ1v) is 8.44. The number of benzene rings is 2. The summed E-state index contributed by atoms with van der Waals surface area (Å²) in [6.07, 6.45) is 0. The number of hydroxylamine groups is 1. The fraction of sp³-hybridized carbons (Fsp3) is 0.188. The number of hydrogen-bond acceptors (Lipinski definition) is 12. The number of nitro groups is 4. The largest absolute Gasteiger partial charge is 0.467 e. The minimum Gasteiger partial charge on any atom is -0.467 e. The van der Waals surface area contributed by atoms with Gasteiger partial charge in [-0.2, -0.15) is 5.48 Å². The third-order valence-corrected chi connectivity index (χ3v) is 4.57. The van der Waals surface area contributed by atoms with Gasteiger partial charge in [0.05, 0.1) is 56.1 Å². The first-order valence-electron chi connectivity index (χ1n) is 8.44. The summed E-state index contributed by atoms with van der Waals surface area (Å²) in [4.78, 5) is 58.4. The number of nitrogens with zero attached hydrogens (tertiary/aromatic N) is 4. The second-order valence-electron chi connectivity index (χ2n) is 6.30. The van der Waals surface area contributed by atoms with Gasteiger partial charge in [-0.3, -0.25) is 45.3 Å². The standard InChI is InChI=1S/C16H11N5O11/c1-31-13(22)6-32-17-16-9-2-7(18(23)24)4-11(20(27)28)14(9)15-10(16)3-8(19(25)26)5-12(15)21(29)30/h2-5,16-17H,6H2,1H3. The minimum atomic E-state index is -1.35. The summed E-state index contributed by atoms with van der Waals surface area (Å²) in [7, 11) is 1.07. The van der Waals surface area contributed by atoms with Crippen LogP contribution in [-0.2, 0) is 14.4 Å². The van der Waals surface area contributed by atoms with Crippen LogP contribution in [0.5, 0.6) is 0 Å². The highest BCUT2D eigenvalue weighted by Crippen LogP contribution is 2.53. The Morgan fingerprint density at radius 1 is 0.844 bits per heavy atom. The van der Waals surface area contributed by atoms with Crippen LogP contribution in [0.2, 0.25) is 0 Å². The van der Waals surface area contributed by atoms with Crippen molar-refractivity contribution in [2.45, 2.75) is 6.04 Å². The summed E-state index contributed by atoms with van der Waals surface area (Å²) in [5.41, 5.74) is -1.70. The van der Waals surface area contributed by atoms with E-state index in [4.69, 9.17) is 4.84 Å². The molecule has 0 bridgehead atoms. The Morgan fingerprint density at radius 2 is 1.28 bits per heavy atom. The van der Waals surface area contributed by atoms with E-state index < -0.39 is 61.1 Å². The highest BCUT2D eigenvalue weighted by atomic mass is 16.7. The van der Waals surface area contributed by atoms with Gasteiger partial charge in [-0.1, -0.05) is 0 Å². The summed E-state index contributed by atoms with van der Waals surface area (Å²) < 4.78 is 4.39. The van der Waals surface area contributed by atoms with Crippen LogP contribution in [0, 0.1) is 40.5 Å². The fourth-order valence-corrected chi connectivity index (χ4v) is 3.30. The van der Waals surface area contributed by atoms with Crippen LogP contribution >= 0.6 is 0 Å². The molecular weight excluding hydrogens is 438 g/mol. The van der Waals surface area contributed by atoms with Gasteiger partial charge in [0.25, 0.3) is 22.7 Å². The van der Waals surface area contributed by atoms with E-state index in [0.717, 1.165) is 19.2 Å². The lowest BCUT2D eigenvalue weighted by atomic mass is 10.0. The molecule has 0 aliphatic heterocycles. The molecule has 16 nitrogen and oxygen atoms in total. The molecule has 0 unspecified atom stereocenters. The zero-order valence-electron chi connectivity index (χ0n) is 15.9. The van der Waals surface area contributed by atoms with Crippen LogP contribution in [0.3, 0.4) is 0 Å². The minimum absolute atomic E-state index is 0.172. The van der Waals surface area contributed by atoms with Crippen molar-refractivity contribution in [3.63, 3.8) is 0 Å². The maximum Gasteiger partial charge on any atom is 0.333 e. The molecule has 0 aromatic heterocycles. The van der Waals surface area contributed by atoms with Gasteiger partial charge in [0, 0.05) is 12.1 Å². The average Bonchev–Trinajstić information content (AvgIpc) is 3.05. The van der Waals surface area contributed by atoms with Gasteiger partial charge in [0.15, 0.2) is 6.61 Å². The summed E-state index contributed by atoms with van der Waals surface area (Å²) in [5.74, 6) is -0.828.